The quantitative estimate of drug-likeness (QED) is 0.868. The third-order valence-electron chi connectivity index (χ3n) is 2.36. The molecule has 0 radical (unpaired) electrons. The summed E-state index contributed by atoms with van der Waals surface area (Å²) in [6.45, 7) is -0.00258. The average molecular weight is 268 g/mol. The van der Waals surface area contributed by atoms with Crippen LogP contribution in [0, 0.1) is 0 Å². The van der Waals surface area contributed by atoms with Crippen LogP contribution >= 0.6 is 11.6 Å². The third-order valence-corrected chi connectivity index (χ3v) is 2.67. The van der Waals surface area contributed by atoms with Gasteiger partial charge in [0, 0.05) is 13.0 Å². The van der Waals surface area contributed by atoms with Gasteiger partial charge in [0.1, 0.15) is 0 Å². The van der Waals surface area contributed by atoms with Gasteiger partial charge < -0.3 is 10.2 Å². The first-order chi connectivity index (χ1) is 8.61. The lowest BCUT2D eigenvalue weighted by atomic mass is 10.2. The first-order valence-electron chi connectivity index (χ1n) is 5.17. The maximum Gasteiger partial charge on any atom is 0.337 e. The van der Waals surface area contributed by atoms with Crippen molar-refractivity contribution in [2.45, 2.75) is 6.42 Å². The number of carbonyl (C=O) groups is 1. The molecule has 0 bridgehead atoms. The summed E-state index contributed by atoms with van der Waals surface area (Å²) in [5.41, 5.74) is 1.30. The summed E-state index contributed by atoms with van der Waals surface area (Å²) < 4.78 is 1.47. The van der Waals surface area contributed by atoms with Crippen molar-refractivity contribution in [1.82, 2.24) is 15.0 Å². The fourth-order valence-corrected chi connectivity index (χ4v) is 1.73. The molecule has 0 unspecified atom stereocenters. The van der Waals surface area contributed by atoms with E-state index < -0.39 is 5.97 Å². The van der Waals surface area contributed by atoms with Crippen LogP contribution in [0.15, 0.2) is 24.4 Å². The van der Waals surface area contributed by atoms with E-state index in [1.54, 1.807) is 12.3 Å². The number of aliphatic hydroxyl groups is 1. The summed E-state index contributed by atoms with van der Waals surface area (Å²) in [5.74, 6) is -1.08. The zero-order valence-corrected chi connectivity index (χ0v) is 10.0. The lowest BCUT2D eigenvalue weighted by Crippen LogP contribution is -2.00. The SMILES string of the molecule is O=C(O)c1ccc(-n2cc(CCO)nn2)cc1Cl. The smallest absolute Gasteiger partial charge is 0.337 e. The first kappa shape index (κ1) is 12.5. The lowest BCUT2D eigenvalue weighted by Gasteiger charge is -2.03. The van der Waals surface area contributed by atoms with Gasteiger partial charge >= 0.3 is 5.97 Å². The van der Waals surface area contributed by atoms with E-state index >= 15 is 0 Å². The highest BCUT2D eigenvalue weighted by Gasteiger charge is 2.10. The molecule has 0 aliphatic rings. The highest BCUT2D eigenvalue weighted by Crippen LogP contribution is 2.20. The molecule has 0 atom stereocenters. The standard InChI is InChI=1S/C11H10ClN3O3/c12-10-5-8(1-2-9(10)11(17)18)15-6-7(3-4-16)13-14-15/h1-2,5-6,16H,3-4H2,(H,17,18). The van der Waals surface area contributed by atoms with Crippen molar-refractivity contribution in [2.24, 2.45) is 0 Å². The molecular formula is C11H10ClN3O3. The summed E-state index contributed by atoms with van der Waals surface area (Å²) in [6.07, 6.45) is 2.07. The van der Waals surface area contributed by atoms with E-state index in [-0.39, 0.29) is 17.2 Å². The fourth-order valence-electron chi connectivity index (χ4n) is 1.47. The number of aromatic carboxylic acids is 1. The molecular weight excluding hydrogens is 258 g/mol. The molecule has 0 amide bonds. The zero-order chi connectivity index (χ0) is 13.1. The number of aliphatic hydroxyl groups excluding tert-OH is 1. The number of carboxylic acids is 1. The van der Waals surface area contributed by atoms with Crippen molar-refractivity contribution in [3.63, 3.8) is 0 Å². The molecule has 2 N–H and O–H groups in total. The van der Waals surface area contributed by atoms with E-state index in [0.717, 1.165) is 0 Å². The Hall–Kier alpha value is -1.92. The highest BCUT2D eigenvalue weighted by atomic mass is 35.5. The second-order valence-corrected chi connectivity index (χ2v) is 4.00. The molecule has 0 aliphatic heterocycles. The van der Waals surface area contributed by atoms with Crippen molar-refractivity contribution >= 4 is 17.6 Å². The highest BCUT2D eigenvalue weighted by molar-refractivity contribution is 6.33. The Labute approximate surface area is 107 Å². The number of carboxylic acid groups (broad SMARTS) is 1. The second-order valence-electron chi connectivity index (χ2n) is 3.60. The van der Waals surface area contributed by atoms with Gasteiger partial charge in [-0.25, -0.2) is 9.48 Å². The Balaban J connectivity index is 2.33. The van der Waals surface area contributed by atoms with Gasteiger partial charge in [0.05, 0.1) is 28.2 Å². The number of hydrogen-bond acceptors (Lipinski definition) is 4. The van der Waals surface area contributed by atoms with E-state index in [2.05, 4.69) is 10.3 Å². The van der Waals surface area contributed by atoms with Gasteiger partial charge in [-0.3, -0.25) is 0 Å². The zero-order valence-electron chi connectivity index (χ0n) is 9.25. The van der Waals surface area contributed by atoms with Crippen molar-refractivity contribution in [1.29, 1.82) is 0 Å². The Morgan fingerprint density at radius 3 is 2.83 bits per heavy atom. The topological polar surface area (TPSA) is 88.2 Å². The normalized spacial score (nSPS) is 10.6. The predicted molar refractivity (Wildman–Crippen MR) is 64.1 cm³/mol. The molecule has 2 aromatic rings. The number of halogens is 1. The second kappa shape index (κ2) is 5.16. The third kappa shape index (κ3) is 2.49. The molecule has 0 fully saturated rings. The summed E-state index contributed by atoms with van der Waals surface area (Å²) in [7, 11) is 0. The minimum Gasteiger partial charge on any atom is -0.478 e. The summed E-state index contributed by atoms with van der Waals surface area (Å²) in [5, 5.41) is 25.5. The van der Waals surface area contributed by atoms with E-state index in [4.69, 9.17) is 21.8 Å². The van der Waals surface area contributed by atoms with Crippen LogP contribution in [0.5, 0.6) is 0 Å². The Bertz CT molecular complexity index is 583. The van der Waals surface area contributed by atoms with Gasteiger partial charge in [0.25, 0.3) is 0 Å². The summed E-state index contributed by atoms with van der Waals surface area (Å²) in [6, 6.07) is 4.50. The first-order valence-corrected chi connectivity index (χ1v) is 5.55. The molecule has 94 valence electrons. The van der Waals surface area contributed by atoms with Gasteiger partial charge in [-0.15, -0.1) is 5.10 Å². The molecule has 0 aliphatic carbocycles. The van der Waals surface area contributed by atoms with E-state index in [1.165, 1.54) is 16.8 Å². The molecule has 0 saturated carbocycles. The van der Waals surface area contributed by atoms with Gasteiger partial charge in [0.2, 0.25) is 0 Å². The number of rotatable bonds is 4. The molecule has 18 heavy (non-hydrogen) atoms. The number of nitrogens with zero attached hydrogens (tertiary/aromatic N) is 3. The van der Waals surface area contributed by atoms with Gasteiger partial charge in [-0.05, 0) is 18.2 Å². The Morgan fingerprint density at radius 1 is 1.44 bits per heavy atom. The van der Waals surface area contributed by atoms with Crippen LogP contribution < -0.4 is 0 Å². The minimum absolute atomic E-state index is 0.00258. The minimum atomic E-state index is -1.08. The monoisotopic (exact) mass is 267 g/mol. The number of benzene rings is 1. The molecule has 1 aromatic carbocycles. The summed E-state index contributed by atoms with van der Waals surface area (Å²) in [4.78, 5) is 10.8. The van der Waals surface area contributed by atoms with E-state index in [9.17, 15) is 4.79 Å². The van der Waals surface area contributed by atoms with Gasteiger partial charge in [-0.1, -0.05) is 16.8 Å². The van der Waals surface area contributed by atoms with Crippen molar-refractivity contribution in [2.75, 3.05) is 6.61 Å². The molecule has 0 spiro atoms. The van der Waals surface area contributed by atoms with Crippen LogP contribution in [0.4, 0.5) is 0 Å². The molecule has 6 nitrogen and oxygen atoms in total. The number of aromatic nitrogens is 3. The van der Waals surface area contributed by atoms with Crippen LogP contribution in [0.25, 0.3) is 5.69 Å². The maximum atomic E-state index is 10.8. The predicted octanol–water partition coefficient (Wildman–Crippen LogP) is 1.15. The Kier molecular flexibility index (Phi) is 3.59. The van der Waals surface area contributed by atoms with Gasteiger partial charge in [0.15, 0.2) is 0 Å². The van der Waals surface area contributed by atoms with Crippen LogP contribution in [-0.2, 0) is 6.42 Å². The van der Waals surface area contributed by atoms with Gasteiger partial charge in [-0.2, -0.15) is 0 Å². The Morgan fingerprint density at radius 2 is 2.22 bits per heavy atom. The molecule has 7 heteroatoms. The summed E-state index contributed by atoms with van der Waals surface area (Å²) >= 11 is 5.86. The number of hydrogen-bond donors (Lipinski definition) is 2. The van der Waals surface area contributed by atoms with Crippen LogP contribution in [0.1, 0.15) is 16.1 Å². The van der Waals surface area contributed by atoms with E-state index in [0.29, 0.717) is 17.8 Å². The van der Waals surface area contributed by atoms with E-state index in [1.807, 2.05) is 0 Å². The van der Waals surface area contributed by atoms with Crippen molar-refractivity contribution < 1.29 is 15.0 Å². The molecule has 1 aromatic heterocycles. The average Bonchev–Trinajstić information content (AvgIpc) is 2.77. The van der Waals surface area contributed by atoms with Crippen molar-refractivity contribution in [3.8, 4) is 5.69 Å². The molecule has 0 saturated heterocycles. The molecule has 1 heterocycles. The van der Waals surface area contributed by atoms with Crippen LogP contribution in [0.2, 0.25) is 5.02 Å². The largest absolute Gasteiger partial charge is 0.478 e. The van der Waals surface area contributed by atoms with Crippen LogP contribution in [-0.4, -0.2) is 37.8 Å². The fraction of sp³-hybridized carbons (Fsp3) is 0.182. The lowest BCUT2D eigenvalue weighted by molar-refractivity contribution is 0.0697. The van der Waals surface area contributed by atoms with Crippen molar-refractivity contribution in [3.05, 3.63) is 40.7 Å². The van der Waals surface area contributed by atoms with Crippen LogP contribution in [0.3, 0.4) is 0 Å². The molecule has 2 rings (SSSR count). The maximum absolute atomic E-state index is 10.8.